The maximum absolute atomic E-state index is 12.1. The molecule has 1 aromatic carbocycles. The van der Waals surface area contributed by atoms with Crippen molar-refractivity contribution in [1.29, 1.82) is 0 Å². The molecule has 3 amide bonds. The van der Waals surface area contributed by atoms with E-state index in [-0.39, 0.29) is 11.9 Å². The summed E-state index contributed by atoms with van der Waals surface area (Å²) >= 11 is 0. The molecular formula is C22H31N5O2. The molecule has 0 spiro atoms. The van der Waals surface area contributed by atoms with Gasteiger partial charge in [-0.1, -0.05) is 43.5 Å². The summed E-state index contributed by atoms with van der Waals surface area (Å²) in [5.41, 5.74) is 2.22. The van der Waals surface area contributed by atoms with Gasteiger partial charge in [0.15, 0.2) is 0 Å². The number of nitrogens with one attached hydrogen (secondary N) is 3. The fraction of sp³-hybridized carbons (Fsp3) is 0.500. The molecular weight excluding hydrogens is 366 g/mol. The van der Waals surface area contributed by atoms with Gasteiger partial charge in [0.05, 0.1) is 6.54 Å². The molecule has 1 aliphatic rings. The van der Waals surface area contributed by atoms with Crippen LogP contribution >= 0.6 is 0 Å². The van der Waals surface area contributed by atoms with Crippen molar-refractivity contribution in [2.45, 2.75) is 64.1 Å². The minimum absolute atomic E-state index is 0.00613. The monoisotopic (exact) mass is 397 g/mol. The predicted molar refractivity (Wildman–Crippen MR) is 112 cm³/mol. The average molecular weight is 398 g/mol. The number of rotatable bonds is 9. The minimum atomic E-state index is -0.121. The van der Waals surface area contributed by atoms with Crippen LogP contribution < -0.4 is 16.0 Å². The third-order valence-electron chi connectivity index (χ3n) is 5.29. The molecule has 7 nitrogen and oxygen atoms in total. The molecule has 1 saturated carbocycles. The summed E-state index contributed by atoms with van der Waals surface area (Å²) in [6.07, 6.45) is 10.5. The Morgan fingerprint density at radius 1 is 1.03 bits per heavy atom. The lowest BCUT2D eigenvalue weighted by Gasteiger charge is -2.22. The first-order valence-corrected chi connectivity index (χ1v) is 10.6. The van der Waals surface area contributed by atoms with Gasteiger partial charge in [0.1, 0.15) is 0 Å². The van der Waals surface area contributed by atoms with Gasteiger partial charge in [-0.05, 0) is 36.5 Å². The zero-order chi connectivity index (χ0) is 20.3. The molecule has 1 heterocycles. The normalized spacial score (nSPS) is 14.3. The zero-order valence-electron chi connectivity index (χ0n) is 16.9. The van der Waals surface area contributed by atoms with Gasteiger partial charge in [-0.3, -0.25) is 9.48 Å². The van der Waals surface area contributed by atoms with Crippen LogP contribution in [-0.4, -0.2) is 34.3 Å². The summed E-state index contributed by atoms with van der Waals surface area (Å²) in [5, 5.41) is 13.1. The molecule has 156 valence electrons. The van der Waals surface area contributed by atoms with Gasteiger partial charge in [0.25, 0.3) is 0 Å². The Balaban J connectivity index is 1.32. The van der Waals surface area contributed by atoms with Gasteiger partial charge in [-0.2, -0.15) is 5.10 Å². The highest BCUT2D eigenvalue weighted by Crippen LogP contribution is 2.17. The summed E-state index contributed by atoms with van der Waals surface area (Å²) < 4.78 is 1.87. The van der Waals surface area contributed by atoms with Crippen molar-refractivity contribution in [2.75, 3.05) is 6.54 Å². The molecule has 0 bridgehead atoms. The summed E-state index contributed by atoms with van der Waals surface area (Å²) in [7, 11) is 0. The fourth-order valence-corrected chi connectivity index (χ4v) is 3.67. The zero-order valence-corrected chi connectivity index (χ0v) is 16.9. The van der Waals surface area contributed by atoms with Crippen molar-refractivity contribution in [3.63, 3.8) is 0 Å². The summed E-state index contributed by atoms with van der Waals surface area (Å²) in [4.78, 5) is 24.1. The molecule has 29 heavy (non-hydrogen) atoms. The van der Waals surface area contributed by atoms with Crippen molar-refractivity contribution in [3.8, 4) is 0 Å². The molecule has 0 saturated heterocycles. The van der Waals surface area contributed by atoms with Gasteiger partial charge in [0.2, 0.25) is 5.91 Å². The standard InChI is InChI=1S/C22H31N5O2/c28-21(12-6-13-23-22(29)26-20-10-2-1-3-11-20)24-16-18-8-4-5-9-19(18)17-27-15-7-14-25-27/h4-5,7-9,14-15,20H,1-3,6,10-13,16-17H2,(H,24,28)(H2,23,26,29). The van der Waals surface area contributed by atoms with E-state index in [0.717, 1.165) is 24.0 Å². The highest BCUT2D eigenvalue weighted by molar-refractivity contribution is 5.76. The highest BCUT2D eigenvalue weighted by atomic mass is 16.2. The Morgan fingerprint density at radius 3 is 2.59 bits per heavy atom. The second-order valence-corrected chi connectivity index (χ2v) is 7.59. The van der Waals surface area contributed by atoms with Gasteiger partial charge in [0, 0.05) is 37.9 Å². The van der Waals surface area contributed by atoms with E-state index in [1.54, 1.807) is 6.20 Å². The number of amides is 3. The molecule has 7 heteroatoms. The predicted octanol–water partition coefficient (Wildman–Crippen LogP) is 2.96. The maximum Gasteiger partial charge on any atom is 0.315 e. The first-order valence-electron chi connectivity index (χ1n) is 10.6. The van der Waals surface area contributed by atoms with E-state index in [1.807, 2.05) is 35.1 Å². The Morgan fingerprint density at radius 2 is 1.83 bits per heavy atom. The summed E-state index contributed by atoms with van der Waals surface area (Å²) in [6, 6.07) is 10.1. The first-order chi connectivity index (χ1) is 14.2. The number of carbonyl (C=O) groups is 2. The van der Waals surface area contributed by atoms with Crippen LogP contribution in [0.15, 0.2) is 42.7 Å². The summed E-state index contributed by atoms with van der Waals surface area (Å²) in [6.45, 7) is 1.67. The molecule has 0 unspecified atom stereocenters. The smallest absolute Gasteiger partial charge is 0.315 e. The molecule has 0 atom stereocenters. The molecule has 1 aromatic heterocycles. The quantitative estimate of drug-likeness (QED) is 0.569. The lowest BCUT2D eigenvalue weighted by molar-refractivity contribution is -0.121. The van der Waals surface area contributed by atoms with Crippen LogP contribution in [0.5, 0.6) is 0 Å². The van der Waals surface area contributed by atoms with E-state index in [9.17, 15) is 9.59 Å². The number of carbonyl (C=O) groups excluding carboxylic acids is 2. The number of urea groups is 1. The van der Waals surface area contributed by atoms with Gasteiger partial charge < -0.3 is 16.0 Å². The van der Waals surface area contributed by atoms with Crippen LogP contribution in [0.2, 0.25) is 0 Å². The number of hydrogen-bond donors (Lipinski definition) is 3. The minimum Gasteiger partial charge on any atom is -0.352 e. The van der Waals surface area contributed by atoms with Crippen LogP contribution in [0.3, 0.4) is 0 Å². The van der Waals surface area contributed by atoms with Crippen LogP contribution in [0.4, 0.5) is 4.79 Å². The third kappa shape index (κ3) is 7.25. The van der Waals surface area contributed by atoms with Crippen LogP contribution in [0.25, 0.3) is 0 Å². The first kappa shape index (κ1) is 20.9. The molecule has 0 aliphatic heterocycles. The second kappa shape index (κ2) is 11.2. The number of hydrogen-bond acceptors (Lipinski definition) is 3. The molecule has 2 aromatic rings. The van der Waals surface area contributed by atoms with Gasteiger partial charge in [-0.15, -0.1) is 0 Å². The van der Waals surface area contributed by atoms with Crippen LogP contribution in [-0.2, 0) is 17.9 Å². The number of benzene rings is 1. The lowest BCUT2D eigenvalue weighted by Crippen LogP contribution is -2.43. The Kier molecular flexibility index (Phi) is 8.10. The molecule has 0 radical (unpaired) electrons. The number of aromatic nitrogens is 2. The largest absolute Gasteiger partial charge is 0.352 e. The molecule has 3 N–H and O–H groups in total. The third-order valence-corrected chi connectivity index (χ3v) is 5.29. The van der Waals surface area contributed by atoms with E-state index in [0.29, 0.717) is 38.5 Å². The second-order valence-electron chi connectivity index (χ2n) is 7.59. The Labute approximate surface area is 172 Å². The average Bonchev–Trinajstić information content (AvgIpc) is 3.24. The van der Waals surface area contributed by atoms with Crippen LogP contribution in [0.1, 0.15) is 56.1 Å². The van der Waals surface area contributed by atoms with Crippen LogP contribution in [0, 0.1) is 0 Å². The van der Waals surface area contributed by atoms with Crippen molar-refractivity contribution >= 4 is 11.9 Å². The van der Waals surface area contributed by atoms with E-state index >= 15 is 0 Å². The van der Waals surface area contributed by atoms with E-state index in [2.05, 4.69) is 27.1 Å². The van der Waals surface area contributed by atoms with Crippen molar-refractivity contribution in [1.82, 2.24) is 25.7 Å². The number of nitrogens with zero attached hydrogens (tertiary/aromatic N) is 2. The molecule has 3 rings (SSSR count). The SMILES string of the molecule is O=C(CCCNC(=O)NC1CCCCC1)NCc1ccccc1Cn1cccn1. The van der Waals surface area contributed by atoms with Crippen molar-refractivity contribution in [3.05, 3.63) is 53.9 Å². The van der Waals surface area contributed by atoms with Gasteiger partial charge in [-0.25, -0.2) is 4.79 Å². The topological polar surface area (TPSA) is 88.0 Å². The highest BCUT2D eigenvalue weighted by Gasteiger charge is 2.15. The lowest BCUT2D eigenvalue weighted by atomic mass is 9.96. The van der Waals surface area contributed by atoms with Crippen molar-refractivity contribution in [2.24, 2.45) is 0 Å². The molecule has 1 aliphatic carbocycles. The van der Waals surface area contributed by atoms with E-state index in [4.69, 9.17) is 0 Å². The molecule has 1 fully saturated rings. The van der Waals surface area contributed by atoms with Crippen molar-refractivity contribution < 1.29 is 9.59 Å². The van der Waals surface area contributed by atoms with Gasteiger partial charge >= 0.3 is 6.03 Å². The Hall–Kier alpha value is -2.83. The summed E-state index contributed by atoms with van der Waals surface area (Å²) in [5.74, 6) is -0.00613. The van der Waals surface area contributed by atoms with E-state index in [1.165, 1.54) is 19.3 Å². The fourth-order valence-electron chi connectivity index (χ4n) is 3.67. The van der Waals surface area contributed by atoms with E-state index < -0.39 is 0 Å². The maximum atomic E-state index is 12.1. The Bertz CT molecular complexity index is 769.